The predicted octanol–water partition coefficient (Wildman–Crippen LogP) is 2.53. The Morgan fingerprint density at radius 1 is 1.44 bits per heavy atom. The van der Waals surface area contributed by atoms with Gasteiger partial charge in [-0.05, 0) is 30.6 Å². The van der Waals surface area contributed by atoms with Crippen molar-refractivity contribution in [3.8, 4) is 0 Å². The summed E-state index contributed by atoms with van der Waals surface area (Å²) in [5.74, 6) is 2.46. The molecule has 0 aromatic heterocycles. The molecule has 0 aliphatic carbocycles. The van der Waals surface area contributed by atoms with Crippen LogP contribution in [-0.4, -0.2) is 41.9 Å². The lowest BCUT2D eigenvalue weighted by Crippen LogP contribution is -2.34. The minimum Gasteiger partial charge on any atom is -0.342 e. The molecule has 0 bridgehead atoms. The van der Waals surface area contributed by atoms with Crippen LogP contribution in [0.4, 0.5) is 0 Å². The molecule has 0 radical (unpaired) electrons. The minimum atomic E-state index is 0. The van der Waals surface area contributed by atoms with E-state index in [-0.39, 0.29) is 17.8 Å². The van der Waals surface area contributed by atoms with Gasteiger partial charge in [0.25, 0.3) is 0 Å². The maximum absolute atomic E-state index is 12.0. The molecule has 1 amide bonds. The van der Waals surface area contributed by atoms with Gasteiger partial charge in [-0.1, -0.05) is 20.3 Å². The van der Waals surface area contributed by atoms with E-state index in [0.717, 1.165) is 25.3 Å². The molecule has 3 nitrogen and oxygen atoms in total. The average molecular weight is 295 g/mol. The van der Waals surface area contributed by atoms with Crippen molar-refractivity contribution in [3.05, 3.63) is 0 Å². The number of carbonyl (C=O) groups is 1. The number of carbonyl (C=O) groups excluding carboxylic acids is 1. The third kappa shape index (κ3) is 5.81. The molecule has 0 aromatic carbocycles. The SMILES string of the molecule is CCCCSCCC(=O)N1CCC(C)(CN)C1.Cl. The number of halogens is 1. The fraction of sp³-hybridized carbons (Fsp3) is 0.923. The van der Waals surface area contributed by atoms with E-state index in [9.17, 15) is 4.79 Å². The smallest absolute Gasteiger partial charge is 0.223 e. The highest BCUT2D eigenvalue weighted by Crippen LogP contribution is 2.28. The lowest BCUT2D eigenvalue weighted by Gasteiger charge is -2.22. The van der Waals surface area contributed by atoms with Gasteiger partial charge in [0.05, 0.1) is 0 Å². The number of unbranched alkanes of at least 4 members (excludes halogenated alkanes) is 1. The second-order valence-corrected chi connectivity index (χ2v) is 6.52. The second kappa shape index (κ2) is 9.05. The Morgan fingerprint density at radius 3 is 2.72 bits per heavy atom. The number of likely N-dealkylation sites (tertiary alicyclic amines) is 1. The minimum absolute atomic E-state index is 0. The van der Waals surface area contributed by atoms with Crippen LogP contribution in [0.5, 0.6) is 0 Å². The zero-order valence-electron chi connectivity index (χ0n) is 11.6. The molecule has 1 rings (SSSR count). The van der Waals surface area contributed by atoms with Crippen LogP contribution >= 0.6 is 24.2 Å². The van der Waals surface area contributed by atoms with Crippen LogP contribution in [0.3, 0.4) is 0 Å². The van der Waals surface area contributed by atoms with Gasteiger partial charge in [-0.15, -0.1) is 12.4 Å². The van der Waals surface area contributed by atoms with Gasteiger partial charge in [0, 0.05) is 25.3 Å². The number of hydrogen-bond acceptors (Lipinski definition) is 3. The van der Waals surface area contributed by atoms with Gasteiger partial charge in [-0.25, -0.2) is 0 Å². The number of nitrogens with two attached hydrogens (primary N) is 1. The van der Waals surface area contributed by atoms with Gasteiger partial charge in [0.15, 0.2) is 0 Å². The molecule has 1 aliphatic rings. The van der Waals surface area contributed by atoms with Crippen molar-refractivity contribution in [2.45, 2.75) is 39.5 Å². The average Bonchev–Trinajstić information content (AvgIpc) is 2.72. The van der Waals surface area contributed by atoms with E-state index in [1.807, 2.05) is 16.7 Å². The van der Waals surface area contributed by atoms with Gasteiger partial charge >= 0.3 is 0 Å². The van der Waals surface area contributed by atoms with E-state index in [1.54, 1.807) is 0 Å². The van der Waals surface area contributed by atoms with Crippen LogP contribution in [0.25, 0.3) is 0 Å². The Labute approximate surface area is 122 Å². The van der Waals surface area contributed by atoms with Crippen LogP contribution in [0.1, 0.15) is 39.5 Å². The second-order valence-electron chi connectivity index (χ2n) is 5.30. The van der Waals surface area contributed by atoms with Crippen molar-refractivity contribution in [1.29, 1.82) is 0 Å². The van der Waals surface area contributed by atoms with Crippen LogP contribution in [0, 0.1) is 5.41 Å². The van der Waals surface area contributed by atoms with Gasteiger partial charge in [0.1, 0.15) is 0 Å². The van der Waals surface area contributed by atoms with Gasteiger partial charge in [-0.3, -0.25) is 4.79 Å². The van der Waals surface area contributed by atoms with E-state index in [1.165, 1.54) is 18.6 Å². The normalized spacial score (nSPS) is 22.9. The highest BCUT2D eigenvalue weighted by molar-refractivity contribution is 7.99. The summed E-state index contributed by atoms with van der Waals surface area (Å²) >= 11 is 1.90. The molecule has 0 spiro atoms. The molecule has 0 saturated carbocycles. The summed E-state index contributed by atoms with van der Waals surface area (Å²) in [4.78, 5) is 13.9. The largest absolute Gasteiger partial charge is 0.342 e. The summed E-state index contributed by atoms with van der Waals surface area (Å²) in [6, 6.07) is 0. The lowest BCUT2D eigenvalue weighted by molar-refractivity contribution is -0.130. The van der Waals surface area contributed by atoms with E-state index in [4.69, 9.17) is 5.73 Å². The summed E-state index contributed by atoms with van der Waals surface area (Å²) in [7, 11) is 0. The number of amides is 1. The third-order valence-electron chi connectivity index (χ3n) is 3.51. The van der Waals surface area contributed by atoms with Crippen molar-refractivity contribution in [3.63, 3.8) is 0 Å². The van der Waals surface area contributed by atoms with Crippen molar-refractivity contribution in [2.75, 3.05) is 31.1 Å². The Morgan fingerprint density at radius 2 is 2.17 bits per heavy atom. The van der Waals surface area contributed by atoms with Gasteiger partial charge in [-0.2, -0.15) is 11.8 Å². The standard InChI is InChI=1S/C13H26N2OS.ClH/c1-3-4-8-17-9-5-12(16)15-7-6-13(2,10-14)11-15;/h3-11,14H2,1-2H3;1H. The van der Waals surface area contributed by atoms with E-state index in [2.05, 4.69) is 13.8 Å². The van der Waals surface area contributed by atoms with Gasteiger partial charge in [0.2, 0.25) is 5.91 Å². The summed E-state index contributed by atoms with van der Waals surface area (Å²) in [5.41, 5.74) is 5.90. The fourth-order valence-electron chi connectivity index (χ4n) is 2.07. The molecule has 1 fully saturated rings. The number of hydrogen-bond donors (Lipinski definition) is 1. The highest BCUT2D eigenvalue weighted by atomic mass is 35.5. The van der Waals surface area contributed by atoms with Crippen molar-refractivity contribution < 1.29 is 4.79 Å². The number of thioether (sulfide) groups is 1. The van der Waals surface area contributed by atoms with Gasteiger partial charge < -0.3 is 10.6 Å². The molecule has 2 N–H and O–H groups in total. The summed E-state index contributed by atoms with van der Waals surface area (Å²) in [6.45, 7) is 6.80. The molecule has 1 heterocycles. The molecule has 0 aromatic rings. The van der Waals surface area contributed by atoms with Crippen LogP contribution < -0.4 is 5.73 Å². The Hall–Kier alpha value is 0.0700. The van der Waals surface area contributed by atoms with Crippen LogP contribution in [-0.2, 0) is 4.79 Å². The molecule has 1 aliphatic heterocycles. The first-order valence-electron chi connectivity index (χ1n) is 6.67. The lowest BCUT2D eigenvalue weighted by atomic mass is 9.90. The highest BCUT2D eigenvalue weighted by Gasteiger charge is 2.34. The summed E-state index contributed by atoms with van der Waals surface area (Å²) < 4.78 is 0. The predicted molar refractivity (Wildman–Crippen MR) is 82.5 cm³/mol. The molecule has 1 unspecified atom stereocenters. The molecule has 18 heavy (non-hydrogen) atoms. The van der Waals surface area contributed by atoms with E-state index >= 15 is 0 Å². The summed E-state index contributed by atoms with van der Waals surface area (Å²) in [5, 5.41) is 0. The van der Waals surface area contributed by atoms with Crippen molar-refractivity contribution in [2.24, 2.45) is 11.1 Å². The van der Waals surface area contributed by atoms with E-state index < -0.39 is 0 Å². The summed E-state index contributed by atoms with van der Waals surface area (Å²) in [6.07, 6.45) is 4.24. The number of nitrogens with zero attached hydrogens (tertiary/aromatic N) is 1. The molecular formula is C13H27ClN2OS. The molecule has 5 heteroatoms. The van der Waals surface area contributed by atoms with E-state index in [0.29, 0.717) is 18.9 Å². The molecular weight excluding hydrogens is 268 g/mol. The quantitative estimate of drug-likeness (QED) is 0.734. The van der Waals surface area contributed by atoms with Crippen molar-refractivity contribution in [1.82, 2.24) is 4.90 Å². The molecule has 1 atom stereocenters. The monoisotopic (exact) mass is 294 g/mol. The zero-order chi connectivity index (χ0) is 12.7. The van der Waals surface area contributed by atoms with Crippen LogP contribution in [0.15, 0.2) is 0 Å². The molecule has 108 valence electrons. The Balaban J connectivity index is 0.00000289. The van der Waals surface area contributed by atoms with Crippen molar-refractivity contribution >= 4 is 30.1 Å². The first-order chi connectivity index (χ1) is 8.11. The fourth-order valence-corrected chi connectivity index (χ4v) is 3.09. The maximum atomic E-state index is 12.0. The van der Waals surface area contributed by atoms with Crippen LogP contribution in [0.2, 0.25) is 0 Å². The third-order valence-corrected chi connectivity index (χ3v) is 4.58. The first-order valence-corrected chi connectivity index (χ1v) is 7.82. The number of rotatable bonds is 7. The Bertz CT molecular complexity index is 253. The molecule has 1 saturated heterocycles. The topological polar surface area (TPSA) is 46.3 Å². The maximum Gasteiger partial charge on any atom is 0.223 e. The first kappa shape index (κ1) is 18.1. The zero-order valence-corrected chi connectivity index (χ0v) is 13.2. The Kier molecular flexibility index (Phi) is 9.09.